The lowest BCUT2D eigenvalue weighted by atomic mass is 9.91. The molecule has 19 heavy (non-hydrogen) atoms. The second-order valence-electron chi connectivity index (χ2n) is 5.74. The molecule has 3 fully saturated rings. The summed E-state index contributed by atoms with van der Waals surface area (Å²) in [5.41, 5.74) is -0.371. The number of alkyl carbamates (subject to hydrolysis) is 1. The minimum Gasteiger partial charge on any atom is -0.441 e. The highest BCUT2D eigenvalue weighted by atomic mass is 16.6. The Hall–Kier alpha value is -1.30. The molecule has 3 aliphatic rings. The van der Waals surface area contributed by atoms with Gasteiger partial charge in [-0.2, -0.15) is 0 Å². The van der Waals surface area contributed by atoms with Crippen molar-refractivity contribution in [2.45, 2.75) is 31.3 Å². The molecule has 0 unspecified atom stereocenters. The van der Waals surface area contributed by atoms with Gasteiger partial charge in [-0.25, -0.2) is 4.79 Å². The zero-order chi connectivity index (χ0) is 13.3. The van der Waals surface area contributed by atoms with E-state index in [1.54, 1.807) is 0 Å². The van der Waals surface area contributed by atoms with Gasteiger partial charge in [0.1, 0.15) is 5.60 Å². The van der Waals surface area contributed by atoms with Crippen molar-refractivity contribution in [1.82, 2.24) is 10.2 Å². The van der Waals surface area contributed by atoms with E-state index in [0.29, 0.717) is 38.6 Å². The zero-order valence-electron chi connectivity index (χ0n) is 11.0. The van der Waals surface area contributed by atoms with E-state index in [1.165, 1.54) is 0 Å². The Balaban J connectivity index is 1.49. The van der Waals surface area contributed by atoms with Crippen LogP contribution in [0.3, 0.4) is 0 Å². The predicted molar refractivity (Wildman–Crippen MR) is 66.6 cm³/mol. The molecule has 1 N–H and O–H groups in total. The zero-order valence-corrected chi connectivity index (χ0v) is 11.0. The van der Waals surface area contributed by atoms with E-state index >= 15 is 0 Å². The van der Waals surface area contributed by atoms with Gasteiger partial charge in [0, 0.05) is 45.6 Å². The summed E-state index contributed by atoms with van der Waals surface area (Å²) in [5.74, 6) is 0.594. The van der Waals surface area contributed by atoms with Crippen molar-refractivity contribution < 1.29 is 19.1 Å². The van der Waals surface area contributed by atoms with E-state index in [1.807, 2.05) is 4.90 Å². The van der Waals surface area contributed by atoms with Gasteiger partial charge < -0.3 is 19.7 Å². The van der Waals surface area contributed by atoms with Gasteiger partial charge in [-0.1, -0.05) is 0 Å². The number of carbonyl (C=O) groups is 2. The number of nitrogens with zero attached hydrogens (tertiary/aromatic N) is 1. The Morgan fingerprint density at radius 3 is 2.79 bits per heavy atom. The van der Waals surface area contributed by atoms with E-state index in [2.05, 4.69) is 5.32 Å². The molecular formula is C13H20N2O4. The van der Waals surface area contributed by atoms with Crippen LogP contribution in [-0.4, -0.2) is 55.3 Å². The van der Waals surface area contributed by atoms with E-state index < -0.39 is 0 Å². The average molecular weight is 268 g/mol. The average Bonchev–Trinajstić information content (AvgIpc) is 3.01. The fourth-order valence-corrected chi connectivity index (χ4v) is 3.06. The number of carbonyl (C=O) groups excluding carboxylic acids is 2. The minimum atomic E-state index is -0.371. The second-order valence-corrected chi connectivity index (χ2v) is 5.74. The summed E-state index contributed by atoms with van der Waals surface area (Å²) in [6.45, 7) is 3.43. The lowest BCUT2D eigenvalue weighted by Crippen LogP contribution is -2.48. The van der Waals surface area contributed by atoms with Crippen molar-refractivity contribution in [1.29, 1.82) is 0 Å². The van der Waals surface area contributed by atoms with Crippen LogP contribution in [0.4, 0.5) is 4.79 Å². The molecule has 1 spiro atoms. The molecule has 0 aromatic carbocycles. The Labute approximate surface area is 112 Å². The Bertz CT molecular complexity index is 371. The Morgan fingerprint density at radius 1 is 1.42 bits per heavy atom. The van der Waals surface area contributed by atoms with Crippen LogP contribution in [0.1, 0.15) is 25.7 Å². The molecule has 6 nitrogen and oxygen atoms in total. The van der Waals surface area contributed by atoms with Gasteiger partial charge in [0.2, 0.25) is 5.91 Å². The van der Waals surface area contributed by atoms with Crippen LogP contribution in [0.2, 0.25) is 0 Å². The quantitative estimate of drug-likeness (QED) is 0.792. The molecule has 0 saturated carbocycles. The van der Waals surface area contributed by atoms with Crippen LogP contribution in [0.15, 0.2) is 0 Å². The van der Waals surface area contributed by atoms with Crippen LogP contribution in [0, 0.1) is 5.92 Å². The van der Waals surface area contributed by atoms with Crippen molar-refractivity contribution in [2.24, 2.45) is 5.92 Å². The fraction of sp³-hybridized carbons (Fsp3) is 0.846. The number of hydrogen-bond donors (Lipinski definition) is 1. The third-order valence-electron chi connectivity index (χ3n) is 4.38. The van der Waals surface area contributed by atoms with E-state index in [-0.39, 0.29) is 17.6 Å². The van der Waals surface area contributed by atoms with E-state index in [9.17, 15) is 9.59 Å². The van der Waals surface area contributed by atoms with Crippen LogP contribution in [0.5, 0.6) is 0 Å². The topological polar surface area (TPSA) is 67.9 Å². The SMILES string of the molecule is O=C1NCC2(CCN(C(=O)C[C@H]3CCOC3)CC2)O1. The summed E-state index contributed by atoms with van der Waals surface area (Å²) in [6.07, 6.45) is 2.72. The maximum atomic E-state index is 12.2. The van der Waals surface area contributed by atoms with Crippen LogP contribution >= 0.6 is 0 Å². The van der Waals surface area contributed by atoms with Gasteiger partial charge in [-0.05, 0) is 12.3 Å². The van der Waals surface area contributed by atoms with Crippen molar-refractivity contribution >= 4 is 12.0 Å². The van der Waals surface area contributed by atoms with E-state index in [4.69, 9.17) is 9.47 Å². The highest BCUT2D eigenvalue weighted by Gasteiger charge is 2.43. The number of amides is 2. The lowest BCUT2D eigenvalue weighted by molar-refractivity contribution is -0.135. The molecular weight excluding hydrogens is 248 g/mol. The molecule has 0 radical (unpaired) electrons. The normalized spacial score (nSPS) is 29.4. The first-order valence-corrected chi connectivity index (χ1v) is 6.99. The second kappa shape index (κ2) is 5.00. The number of ether oxygens (including phenoxy) is 2. The molecule has 3 rings (SSSR count). The number of likely N-dealkylation sites (tertiary alicyclic amines) is 1. The number of hydrogen-bond acceptors (Lipinski definition) is 4. The molecule has 0 aliphatic carbocycles. The molecule has 3 aliphatic heterocycles. The molecule has 1 atom stereocenters. The molecule has 2 amide bonds. The van der Waals surface area contributed by atoms with Crippen LogP contribution < -0.4 is 5.32 Å². The first-order valence-electron chi connectivity index (χ1n) is 6.99. The standard InChI is InChI=1S/C13H20N2O4/c16-11(7-10-1-6-18-8-10)15-4-2-13(3-5-15)9-14-12(17)19-13/h10H,1-9H2,(H,14,17)/t10-/m1/s1. The lowest BCUT2D eigenvalue weighted by Gasteiger charge is -2.37. The summed E-state index contributed by atoms with van der Waals surface area (Å²) < 4.78 is 10.6. The van der Waals surface area contributed by atoms with Gasteiger partial charge in [0.15, 0.2) is 0 Å². The van der Waals surface area contributed by atoms with Crippen molar-refractivity contribution in [3.8, 4) is 0 Å². The molecule has 0 aromatic rings. The van der Waals surface area contributed by atoms with Crippen LogP contribution in [-0.2, 0) is 14.3 Å². The predicted octanol–water partition coefficient (Wildman–Crippen LogP) is 0.514. The molecule has 6 heteroatoms. The summed E-state index contributed by atoms with van der Waals surface area (Å²) in [7, 11) is 0. The van der Waals surface area contributed by atoms with Crippen molar-refractivity contribution in [3.05, 3.63) is 0 Å². The molecule has 3 heterocycles. The van der Waals surface area contributed by atoms with Gasteiger partial charge in [-0.3, -0.25) is 4.79 Å². The van der Waals surface area contributed by atoms with Gasteiger partial charge in [-0.15, -0.1) is 0 Å². The van der Waals surface area contributed by atoms with Gasteiger partial charge in [0.25, 0.3) is 0 Å². The highest BCUT2D eigenvalue weighted by molar-refractivity contribution is 5.76. The first-order chi connectivity index (χ1) is 9.17. The third-order valence-corrected chi connectivity index (χ3v) is 4.38. The van der Waals surface area contributed by atoms with Gasteiger partial charge >= 0.3 is 6.09 Å². The number of piperidine rings is 1. The monoisotopic (exact) mass is 268 g/mol. The van der Waals surface area contributed by atoms with Crippen molar-refractivity contribution in [2.75, 3.05) is 32.8 Å². The largest absolute Gasteiger partial charge is 0.441 e. The number of nitrogens with one attached hydrogen (secondary N) is 1. The minimum absolute atomic E-state index is 0.211. The van der Waals surface area contributed by atoms with Gasteiger partial charge in [0.05, 0.1) is 6.54 Å². The maximum absolute atomic E-state index is 12.2. The summed E-state index contributed by atoms with van der Waals surface area (Å²) in [6, 6.07) is 0. The molecule has 3 saturated heterocycles. The molecule has 0 aromatic heterocycles. The smallest absolute Gasteiger partial charge is 0.407 e. The van der Waals surface area contributed by atoms with Crippen molar-refractivity contribution in [3.63, 3.8) is 0 Å². The maximum Gasteiger partial charge on any atom is 0.407 e. The van der Waals surface area contributed by atoms with E-state index in [0.717, 1.165) is 25.9 Å². The highest BCUT2D eigenvalue weighted by Crippen LogP contribution is 2.30. The number of rotatable bonds is 2. The summed E-state index contributed by atoms with van der Waals surface area (Å²) in [4.78, 5) is 25.2. The fourth-order valence-electron chi connectivity index (χ4n) is 3.06. The summed E-state index contributed by atoms with van der Waals surface area (Å²) in [5, 5.41) is 2.70. The Kier molecular flexibility index (Phi) is 3.35. The molecule has 0 bridgehead atoms. The third kappa shape index (κ3) is 2.68. The molecule has 106 valence electrons. The summed E-state index contributed by atoms with van der Waals surface area (Å²) >= 11 is 0. The first kappa shape index (κ1) is 12.7. The van der Waals surface area contributed by atoms with Crippen LogP contribution in [0.25, 0.3) is 0 Å². The Morgan fingerprint density at radius 2 is 2.21 bits per heavy atom.